The number of aromatic nitrogens is 1. The van der Waals surface area contributed by atoms with E-state index < -0.39 is 5.97 Å². The van der Waals surface area contributed by atoms with E-state index in [1.54, 1.807) is 0 Å². The minimum Gasteiger partial charge on any atom is -0.477 e. The number of rotatable bonds is 4. The Morgan fingerprint density at radius 2 is 2.25 bits per heavy atom. The number of aliphatic hydroxyl groups is 1. The van der Waals surface area contributed by atoms with E-state index in [4.69, 9.17) is 10.7 Å². The Morgan fingerprint density at radius 3 is 2.96 bits per heavy atom. The Morgan fingerprint density at radius 1 is 1.46 bits per heavy atom. The maximum Gasteiger partial charge on any atom is 0.348 e. The van der Waals surface area contributed by atoms with Gasteiger partial charge in [0.2, 0.25) is 0 Å². The van der Waals surface area contributed by atoms with Crippen LogP contribution in [0.1, 0.15) is 47.8 Å². The van der Waals surface area contributed by atoms with Crippen molar-refractivity contribution in [2.75, 3.05) is 23.7 Å². The van der Waals surface area contributed by atoms with E-state index in [9.17, 15) is 15.0 Å². The van der Waals surface area contributed by atoms with Crippen LogP contribution in [0.25, 0.3) is 10.2 Å². The highest BCUT2D eigenvalue weighted by Gasteiger charge is 2.22. The zero-order valence-electron chi connectivity index (χ0n) is 13.8. The number of nitrogens with zero attached hydrogens (tertiary/aromatic N) is 2. The van der Waals surface area contributed by atoms with Gasteiger partial charge < -0.3 is 20.8 Å². The molecule has 3 rings (SSSR count). The molecule has 4 N–H and O–H groups in total. The second-order valence-electron chi connectivity index (χ2n) is 6.29. The van der Waals surface area contributed by atoms with Gasteiger partial charge in [-0.2, -0.15) is 0 Å². The summed E-state index contributed by atoms with van der Waals surface area (Å²) in [5.41, 5.74) is 7.47. The Kier molecular flexibility index (Phi) is 4.91. The second kappa shape index (κ2) is 6.94. The number of nitrogen functional groups attached to an aromatic ring is 1. The molecule has 0 aromatic carbocycles. The average molecular weight is 349 g/mol. The summed E-state index contributed by atoms with van der Waals surface area (Å²) < 4.78 is 0. The summed E-state index contributed by atoms with van der Waals surface area (Å²) in [4.78, 5) is 19.1. The molecular weight excluding hydrogens is 326 g/mol. The molecule has 1 aliphatic heterocycles. The van der Waals surface area contributed by atoms with Gasteiger partial charge in [-0.3, -0.25) is 0 Å². The summed E-state index contributed by atoms with van der Waals surface area (Å²) in [6, 6.07) is 2.04. The third-order valence-electron chi connectivity index (χ3n) is 4.50. The molecule has 3 heterocycles. The summed E-state index contributed by atoms with van der Waals surface area (Å²) in [6.45, 7) is 3.71. The average Bonchev–Trinajstić information content (AvgIpc) is 2.73. The number of thiophene rings is 1. The molecule has 7 heteroatoms. The number of carboxylic acid groups (broad SMARTS) is 1. The molecule has 130 valence electrons. The predicted octanol–water partition coefficient (Wildman–Crippen LogP) is 2.88. The summed E-state index contributed by atoms with van der Waals surface area (Å²) >= 11 is 1.14. The zero-order chi connectivity index (χ0) is 17.3. The van der Waals surface area contributed by atoms with Crippen LogP contribution in [0, 0.1) is 0 Å². The highest BCUT2D eigenvalue weighted by molar-refractivity contribution is 7.21. The van der Waals surface area contributed by atoms with Crippen LogP contribution in [-0.4, -0.2) is 40.4 Å². The lowest BCUT2D eigenvalue weighted by atomic mass is 10.1. The second-order valence-corrected chi connectivity index (χ2v) is 7.29. The molecule has 0 spiro atoms. The molecule has 1 unspecified atom stereocenters. The van der Waals surface area contributed by atoms with Gasteiger partial charge in [-0.1, -0.05) is 13.3 Å². The van der Waals surface area contributed by atoms with Gasteiger partial charge in [0, 0.05) is 18.5 Å². The van der Waals surface area contributed by atoms with Crippen LogP contribution in [0.3, 0.4) is 0 Å². The van der Waals surface area contributed by atoms with E-state index in [0.29, 0.717) is 10.5 Å². The van der Waals surface area contributed by atoms with E-state index in [2.05, 4.69) is 11.8 Å². The first-order chi connectivity index (χ1) is 11.5. The SMILES string of the molecule is CCCc1cc(N2CCCC(O)CC2)nc2sc(C(=O)O)c(N)c12. The lowest BCUT2D eigenvalue weighted by molar-refractivity contribution is 0.0703. The van der Waals surface area contributed by atoms with Crippen molar-refractivity contribution in [1.29, 1.82) is 0 Å². The number of aryl methyl sites for hydroxylation is 1. The largest absolute Gasteiger partial charge is 0.477 e. The fourth-order valence-corrected chi connectivity index (χ4v) is 4.25. The molecule has 2 aromatic rings. The number of anilines is 2. The van der Waals surface area contributed by atoms with Gasteiger partial charge in [0.1, 0.15) is 15.5 Å². The first-order valence-electron chi connectivity index (χ1n) is 8.39. The Bertz CT molecular complexity index is 759. The van der Waals surface area contributed by atoms with Crippen LogP contribution >= 0.6 is 11.3 Å². The van der Waals surface area contributed by atoms with E-state index in [-0.39, 0.29) is 11.0 Å². The van der Waals surface area contributed by atoms with Crippen LogP contribution in [0.4, 0.5) is 11.5 Å². The van der Waals surface area contributed by atoms with Crippen LogP contribution in [0.15, 0.2) is 6.07 Å². The summed E-state index contributed by atoms with van der Waals surface area (Å²) in [5, 5.41) is 20.0. The number of fused-ring (bicyclic) bond motifs is 1. The molecular formula is C17H23N3O3S. The zero-order valence-corrected chi connectivity index (χ0v) is 14.6. The van der Waals surface area contributed by atoms with E-state index in [1.165, 1.54) is 0 Å². The number of carbonyl (C=O) groups is 1. The van der Waals surface area contributed by atoms with Crippen molar-refractivity contribution in [3.05, 3.63) is 16.5 Å². The lowest BCUT2D eigenvalue weighted by Crippen LogP contribution is -2.25. The van der Waals surface area contributed by atoms with Crippen LogP contribution < -0.4 is 10.6 Å². The summed E-state index contributed by atoms with van der Waals surface area (Å²) in [5.74, 6) is -0.143. The fourth-order valence-electron chi connectivity index (χ4n) is 3.28. The molecule has 1 atom stereocenters. The molecule has 0 radical (unpaired) electrons. The van der Waals surface area contributed by atoms with Crippen molar-refractivity contribution in [3.63, 3.8) is 0 Å². The smallest absolute Gasteiger partial charge is 0.348 e. The highest BCUT2D eigenvalue weighted by atomic mass is 32.1. The maximum atomic E-state index is 11.4. The topological polar surface area (TPSA) is 99.7 Å². The van der Waals surface area contributed by atoms with Gasteiger partial charge in [-0.05, 0) is 37.3 Å². The molecule has 1 aliphatic rings. The number of hydrogen-bond acceptors (Lipinski definition) is 6. The number of carboxylic acids is 1. The predicted molar refractivity (Wildman–Crippen MR) is 97.1 cm³/mol. The minimum atomic E-state index is -1.00. The molecule has 0 amide bonds. The third-order valence-corrected chi connectivity index (χ3v) is 5.59. The minimum absolute atomic E-state index is 0.165. The van der Waals surface area contributed by atoms with Crippen LogP contribution in [0.2, 0.25) is 0 Å². The monoisotopic (exact) mass is 349 g/mol. The molecule has 6 nitrogen and oxygen atoms in total. The number of aromatic carboxylic acids is 1. The number of pyridine rings is 1. The van der Waals surface area contributed by atoms with Crippen molar-refractivity contribution >= 4 is 39.0 Å². The molecule has 0 aliphatic carbocycles. The quantitative estimate of drug-likeness (QED) is 0.785. The van der Waals surface area contributed by atoms with Gasteiger partial charge in [0.05, 0.1) is 11.8 Å². The summed E-state index contributed by atoms with van der Waals surface area (Å²) in [7, 11) is 0. The third kappa shape index (κ3) is 3.18. The van der Waals surface area contributed by atoms with Gasteiger partial charge in [0.25, 0.3) is 0 Å². The van der Waals surface area contributed by atoms with E-state index in [1.807, 2.05) is 6.07 Å². The van der Waals surface area contributed by atoms with Crippen LogP contribution in [-0.2, 0) is 6.42 Å². The molecule has 1 fully saturated rings. The Hall–Kier alpha value is -1.86. The highest BCUT2D eigenvalue weighted by Crippen LogP contribution is 2.37. The lowest BCUT2D eigenvalue weighted by Gasteiger charge is -2.22. The van der Waals surface area contributed by atoms with E-state index in [0.717, 1.165) is 73.3 Å². The maximum absolute atomic E-state index is 11.4. The van der Waals surface area contributed by atoms with E-state index >= 15 is 0 Å². The van der Waals surface area contributed by atoms with Crippen molar-refractivity contribution in [3.8, 4) is 0 Å². The van der Waals surface area contributed by atoms with Crippen molar-refractivity contribution in [2.24, 2.45) is 0 Å². The van der Waals surface area contributed by atoms with Gasteiger partial charge in [0.15, 0.2) is 0 Å². The van der Waals surface area contributed by atoms with Crippen LogP contribution in [0.5, 0.6) is 0 Å². The normalized spacial score (nSPS) is 18.8. The molecule has 0 bridgehead atoms. The van der Waals surface area contributed by atoms with Gasteiger partial charge in [-0.15, -0.1) is 11.3 Å². The number of hydrogen-bond donors (Lipinski definition) is 3. The standard InChI is InChI=1S/C17H23N3O3S/c1-2-4-10-9-12(20-7-3-5-11(21)6-8-20)19-16-13(10)14(18)15(24-16)17(22)23/h9,11,21H,2-8,18H2,1H3,(H,22,23). The molecule has 2 aromatic heterocycles. The van der Waals surface area contributed by atoms with Crippen molar-refractivity contribution < 1.29 is 15.0 Å². The Labute approximate surface area is 144 Å². The van der Waals surface area contributed by atoms with Gasteiger partial charge in [-0.25, -0.2) is 9.78 Å². The fraction of sp³-hybridized carbons (Fsp3) is 0.529. The number of nitrogens with two attached hydrogens (primary N) is 1. The molecule has 24 heavy (non-hydrogen) atoms. The summed E-state index contributed by atoms with van der Waals surface area (Å²) in [6.07, 6.45) is 4.02. The van der Waals surface area contributed by atoms with Gasteiger partial charge >= 0.3 is 5.97 Å². The molecule has 1 saturated heterocycles. The first-order valence-corrected chi connectivity index (χ1v) is 9.21. The molecule has 0 saturated carbocycles. The van der Waals surface area contributed by atoms with Crippen molar-refractivity contribution in [1.82, 2.24) is 4.98 Å². The van der Waals surface area contributed by atoms with Crippen molar-refractivity contribution in [2.45, 2.75) is 45.1 Å². The number of aliphatic hydroxyl groups excluding tert-OH is 1. The first kappa shape index (κ1) is 17.0. The Balaban J connectivity index is 2.07.